The molecule has 2 aromatic rings. The molecule has 0 unspecified atom stereocenters. The van der Waals surface area contributed by atoms with Gasteiger partial charge in [0.1, 0.15) is 0 Å². The minimum absolute atomic E-state index is 0. The van der Waals surface area contributed by atoms with Gasteiger partial charge in [0.2, 0.25) is 0 Å². The van der Waals surface area contributed by atoms with Crippen molar-refractivity contribution in [3.05, 3.63) is 30.7 Å². The van der Waals surface area contributed by atoms with E-state index in [-0.39, 0.29) is 24.8 Å². The van der Waals surface area contributed by atoms with Crippen LogP contribution in [0.5, 0.6) is 0 Å². The van der Waals surface area contributed by atoms with Gasteiger partial charge in [0.15, 0.2) is 5.65 Å². The quantitative estimate of drug-likeness (QED) is 0.634. The Bertz CT molecular complexity index is 290. The number of aromatic nitrogens is 3. The van der Waals surface area contributed by atoms with Crippen LogP contribution in [0, 0.1) is 0 Å². The Morgan fingerprint density at radius 2 is 2.00 bits per heavy atom. The van der Waals surface area contributed by atoms with Crippen molar-refractivity contribution < 1.29 is 0 Å². The predicted octanol–water partition coefficient (Wildman–Crippen LogP) is 1.57. The van der Waals surface area contributed by atoms with Crippen LogP contribution >= 0.6 is 24.8 Å². The lowest BCUT2D eigenvalue weighted by atomic mass is 10.6. The summed E-state index contributed by atoms with van der Waals surface area (Å²) in [6.07, 6.45) is 5.34. The first-order valence-electron chi connectivity index (χ1n) is 2.71. The van der Waals surface area contributed by atoms with Crippen LogP contribution in [0.3, 0.4) is 0 Å². The number of fused-ring (bicyclic) bond motifs is 1. The Hall–Kier alpha value is -0.800. The molecule has 5 heteroatoms. The van der Waals surface area contributed by atoms with Gasteiger partial charge in [-0.1, -0.05) is 0 Å². The van der Waals surface area contributed by atoms with Gasteiger partial charge in [0.05, 0.1) is 6.20 Å². The molecule has 0 saturated heterocycles. The molecular weight excluding hydrogens is 185 g/mol. The Labute approximate surface area is 76.3 Å². The highest BCUT2D eigenvalue weighted by molar-refractivity contribution is 5.85. The Morgan fingerprint density at radius 3 is 2.73 bits per heavy atom. The summed E-state index contributed by atoms with van der Waals surface area (Å²) >= 11 is 0. The normalized spacial score (nSPS) is 8.36. The molecule has 0 aliphatic carbocycles. The zero-order valence-corrected chi connectivity index (χ0v) is 7.18. The van der Waals surface area contributed by atoms with Crippen LogP contribution in [0.4, 0.5) is 0 Å². The number of halogens is 2. The van der Waals surface area contributed by atoms with Crippen molar-refractivity contribution in [3.63, 3.8) is 0 Å². The van der Waals surface area contributed by atoms with Crippen molar-refractivity contribution in [3.8, 4) is 0 Å². The summed E-state index contributed by atoms with van der Waals surface area (Å²) in [7, 11) is 0. The van der Waals surface area contributed by atoms with Crippen LogP contribution in [0.2, 0.25) is 0 Å². The average molecular weight is 192 g/mol. The number of hydrogen-bond donors (Lipinski definition) is 0. The summed E-state index contributed by atoms with van der Waals surface area (Å²) in [6.45, 7) is 0. The van der Waals surface area contributed by atoms with Crippen LogP contribution < -0.4 is 0 Å². The lowest BCUT2D eigenvalue weighted by Gasteiger charge is -1.85. The molecular formula is C6H7Cl2N3. The first-order chi connectivity index (χ1) is 4.47. The van der Waals surface area contributed by atoms with Gasteiger partial charge in [0.25, 0.3) is 0 Å². The maximum absolute atomic E-state index is 4.04. The summed E-state index contributed by atoms with van der Waals surface area (Å²) in [4.78, 5) is 4.04. The van der Waals surface area contributed by atoms with Crippen LogP contribution in [0.15, 0.2) is 30.7 Å². The highest BCUT2D eigenvalue weighted by atomic mass is 35.5. The van der Waals surface area contributed by atoms with Crippen LogP contribution in [0.25, 0.3) is 5.65 Å². The third-order valence-electron chi connectivity index (χ3n) is 1.17. The van der Waals surface area contributed by atoms with E-state index in [1.165, 1.54) is 0 Å². The van der Waals surface area contributed by atoms with Crippen molar-refractivity contribution in [2.24, 2.45) is 0 Å². The van der Waals surface area contributed by atoms with E-state index in [1.807, 2.05) is 18.3 Å². The lowest BCUT2D eigenvalue weighted by molar-refractivity contribution is 0.939. The predicted molar refractivity (Wildman–Crippen MR) is 47.5 cm³/mol. The van der Waals surface area contributed by atoms with Gasteiger partial charge in [-0.3, -0.25) is 0 Å². The third-order valence-corrected chi connectivity index (χ3v) is 1.17. The fourth-order valence-corrected chi connectivity index (χ4v) is 0.764. The molecule has 3 nitrogen and oxygen atoms in total. The van der Waals surface area contributed by atoms with Crippen LogP contribution in [-0.2, 0) is 0 Å². The minimum Gasteiger partial charge on any atom is -0.237 e. The van der Waals surface area contributed by atoms with Gasteiger partial charge in [0, 0.05) is 18.5 Å². The molecule has 0 N–H and O–H groups in total. The Morgan fingerprint density at radius 1 is 1.18 bits per heavy atom. The maximum Gasteiger partial charge on any atom is 0.154 e. The summed E-state index contributed by atoms with van der Waals surface area (Å²) in [5.74, 6) is 0. The zero-order chi connectivity index (χ0) is 6.10. The number of hydrogen-bond acceptors (Lipinski definition) is 2. The van der Waals surface area contributed by atoms with E-state index in [4.69, 9.17) is 0 Å². The summed E-state index contributed by atoms with van der Waals surface area (Å²) < 4.78 is 1.72. The fourth-order valence-electron chi connectivity index (χ4n) is 0.764. The van der Waals surface area contributed by atoms with Gasteiger partial charge in [-0.15, -0.1) is 24.8 Å². The molecule has 0 amide bonds. The van der Waals surface area contributed by atoms with Crippen molar-refractivity contribution in [1.82, 2.24) is 14.6 Å². The van der Waals surface area contributed by atoms with Crippen molar-refractivity contribution >= 4 is 30.5 Å². The molecule has 11 heavy (non-hydrogen) atoms. The summed E-state index contributed by atoms with van der Waals surface area (Å²) in [5.41, 5.74) is 0.887. The van der Waals surface area contributed by atoms with Crippen molar-refractivity contribution in [1.29, 1.82) is 0 Å². The smallest absolute Gasteiger partial charge is 0.154 e. The van der Waals surface area contributed by atoms with E-state index in [9.17, 15) is 0 Å². The van der Waals surface area contributed by atoms with E-state index in [0.29, 0.717) is 0 Å². The molecule has 2 aromatic heterocycles. The van der Waals surface area contributed by atoms with E-state index in [2.05, 4.69) is 10.1 Å². The first kappa shape index (κ1) is 10.2. The van der Waals surface area contributed by atoms with Gasteiger partial charge in [-0.25, -0.2) is 9.50 Å². The van der Waals surface area contributed by atoms with Crippen molar-refractivity contribution in [2.45, 2.75) is 0 Å². The monoisotopic (exact) mass is 191 g/mol. The largest absolute Gasteiger partial charge is 0.237 e. The van der Waals surface area contributed by atoms with Gasteiger partial charge < -0.3 is 0 Å². The number of rotatable bonds is 0. The molecule has 0 bridgehead atoms. The summed E-state index contributed by atoms with van der Waals surface area (Å²) in [6, 6.07) is 3.71. The van der Waals surface area contributed by atoms with E-state index >= 15 is 0 Å². The highest BCUT2D eigenvalue weighted by Gasteiger charge is 1.86. The van der Waals surface area contributed by atoms with E-state index < -0.39 is 0 Å². The second-order valence-corrected chi connectivity index (χ2v) is 1.75. The molecule has 0 radical (unpaired) electrons. The second-order valence-electron chi connectivity index (χ2n) is 1.75. The van der Waals surface area contributed by atoms with Crippen molar-refractivity contribution in [2.75, 3.05) is 0 Å². The molecule has 0 atom stereocenters. The minimum atomic E-state index is 0. The van der Waals surface area contributed by atoms with E-state index in [1.54, 1.807) is 16.9 Å². The molecule has 0 fully saturated rings. The van der Waals surface area contributed by atoms with E-state index in [0.717, 1.165) is 5.65 Å². The topological polar surface area (TPSA) is 30.2 Å². The maximum atomic E-state index is 4.04. The Balaban J connectivity index is 0.000000500. The zero-order valence-electron chi connectivity index (χ0n) is 5.54. The third kappa shape index (κ3) is 1.82. The highest BCUT2D eigenvalue weighted by Crippen LogP contribution is 1.93. The second kappa shape index (κ2) is 4.16. The van der Waals surface area contributed by atoms with Gasteiger partial charge >= 0.3 is 0 Å². The van der Waals surface area contributed by atoms with Gasteiger partial charge in [-0.2, -0.15) is 5.10 Å². The van der Waals surface area contributed by atoms with Gasteiger partial charge in [-0.05, 0) is 6.07 Å². The molecule has 2 rings (SSSR count). The standard InChI is InChI=1S/C6H5N3.2ClH/c1-3-7-6-2-4-8-9(6)5-1;;/h1-5H;2*1H. The summed E-state index contributed by atoms with van der Waals surface area (Å²) in [5, 5.41) is 3.97. The molecule has 0 saturated carbocycles. The Kier molecular flexibility index (Phi) is 3.85. The first-order valence-corrected chi connectivity index (χ1v) is 2.71. The molecule has 2 heterocycles. The molecule has 0 aromatic carbocycles. The van der Waals surface area contributed by atoms with Crippen LogP contribution in [-0.4, -0.2) is 14.6 Å². The molecule has 60 valence electrons. The average Bonchev–Trinajstić information content (AvgIpc) is 2.33. The fraction of sp³-hybridized carbons (Fsp3) is 0. The van der Waals surface area contributed by atoms with Crippen LogP contribution in [0.1, 0.15) is 0 Å². The lowest BCUT2D eigenvalue weighted by Crippen LogP contribution is -1.85. The number of nitrogens with zero attached hydrogens (tertiary/aromatic N) is 3. The molecule has 0 aliphatic rings. The molecule has 0 aliphatic heterocycles. The SMILES string of the molecule is Cl.Cl.c1cnc2ccnn2c1. The molecule has 0 spiro atoms.